The minimum atomic E-state index is -0.250. The summed E-state index contributed by atoms with van der Waals surface area (Å²) < 4.78 is 10.6. The van der Waals surface area contributed by atoms with Crippen molar-refractivity contribution in [2.75, 3.05) is 26.9 Å². The van der Waals surface area contributed by atoms with Crippen LogP contribution in [0.5, 0.6) is 5.75 Å². The lowest BCUT2D eigenvalue weighted by Crippen LogP contribution is -2.31. The number of fused-ring (bicyclic) bond motifs is 1. The molecule has 0 heterocycles. The van der Waals surface area contributed by atoms with Gasteiger partial charge in [0.2, 0.25) is 0 Å². The van der Waals surface area contributed by atoms with Gasteiger partial charge in [0.1, 0.15) is 5.75 Å². The van der Waals surface area contributed by atoms with Crippen molar-refractivity contribution in [2.24, 2.45) is 0 Å². The van der Waals surface area contributed by atoms with Crippen molar-refractivity contribution in [3.05, 3.63) is 42.0 Å². The van der Waals surface area contributed by atoms with Gasteiger partial charge in [-0.1, -0.05) is 24.3 Å². The minimum Gasteiger partial charge on any atom is -0.483 e. The van der Waals surface area contributed by atoms with Gasteiger partial charge in [0.15, 0.2) is 6.61 Å². The molecular weight excluding hydrogens is 320 g/mol. The van der Waals surface area contributed by atoms with Gasteiger partial charge in [0.25, 0.3) is 11.8 Å². The zero-order valence-corrected chi connectivity index (χ0v) is 14.2. The highest BCUT2D eigenvalue weighted by atomic mass is 16.5. The van der Waals surface area contributed by atoms with E-state index in [0.717, 1.165) is 23.6 Å². The number of benzene rings is 2. The van der Waals surface area contributed by atoms with E-state index >= 15 is 0 Å². The molecule has 1 aliphatic carbocycles. The molecule has 2 amide bonds. The lowest BCUT2D eigenvalue weighted by atomic mass is 10.1. The Hall–Kier alpha value is -2.60. The van der Waals surface area contributed by atoms with Crippen molar-refractivity contribution in [1.29, 1.82) is 0 Å². The zero-order valence-electron chi connectivity index (χ0n) is 14.2. The number of ether oxygens (including phenoxy) is 2. The summed E-state index contributed by atoms with van der Waals surface area (Å²) in [5, 5.41) is 7.55. The third-order valence-corrected chi connectivity index (χ3v) is 3.99. The Morgan fingerprint density at radius 1 is 1.16 bits per heavy atom. The Kier molecular flexibility index (Phi) is 5.50. The molecule has 2 aromatic rings. The molecule has 0 radical (unpaired) electrons. The van der Waals surface area contributed by atoms with Crippen LogP contribution in [0.4, 0.5) is 0 Å². The number of hydrogen-bond acceptors (Lipinski definition) is 4. The Labute approximate surface area is 146 Å². The fraction of sp³-hybridized carbons (Fsp3) is 0.368. The summed E-state index contributed by atoms with van der Waals surface area (Å²) in [5.41, 5.74) is 0.411. The van der Waals surface area contributed by atoms with Crippen molar-refractivity contribution < 1.29 is 19.1 Å². The van der Waals surface area contributed by atoms with Gasteiger partial charge in [-0.05, 0) is 35.7 Å². The van der Waals surface area contributed by atoms with E-state index in [0.29, 0.717) is 24.5 Å². The molecular formula is C19H22N2O4. The maximum Gasteiger partial charge on any atom is 0.258 e. The fourth-order valence-electron chi connectivity index (χ4n) is 2.52. The highest BCUT2D eigenvalue weighted by Crippen LogP contribution is 2.26. The molecule has 25 heavy (non-hydrogen) atoms. The first-order valence-electron chi connectivity index (χ1n) is 8.39. The van der Waals surface area contributed by atoms with E-state index in [9.17, 15) is 9.59 Å². The molecule has 1 saturated carbocycles. The van der Waals surface area contributed by atoms with Gasteiger partial charge in [-0.2, -0.15) is 0 Å². The Morgan fingerprint density at radius 3 is 2.56 bits per heavy atom. The number of methoxy groups -OCH3 is 1. The molecule has 0 bridgehead atoms. The number of carbonyl (C=O) groups excluding carboxylic acids is 2. The van der Waals surface area contributed by atoms with Crippen LogP contribution >= 0.6 is 0 Å². The van der Waals surface area contributed by atoms with E-state index < -0.39 is 0 Å². The summed E-state index contributed by atoms with van der Waals surface area (Å²) in [6, 6.07) is 11.6. The van der Waals surface area contributed by atoms with Crippen molar-refractivity contribution in [3.8, 4) is 5.75 Å². The van der Waals surface area contributed by atoms with Crippen LogP contribution in [0.3, 0.4) is 0 Å². The molecule has 0 unspecified atom stereocenters. The first-order valence-corrected chi connectivity index (χ1v) is 8.39. The Bertz CT molecular complexity index is 771. The highest BCUT2D eigenvalue weighted by molar-refractivity contribution is 6.01. The number of rotatable bonds is 8. The second-order valence-corrected chi connectivity index (χ2v) is 6.07. The van der Waals surface area contributed by atoms with E-state index in [1.165, 1.54) is 0 Å². The monoisotopic (exact) mass is 342 g/mol. The molecule has 1 fully saturated rings. The van der Waals surface area contributed by atoms with Crippen molar-refractivity contribution in [3.63, 3.8) is 0 Å². The van der Waals surface area contributed by atoms with Crippen LogP contribution in [0.15, 0.2) is 36.4 Å². The second-order valence-electron chi connectivity index (χ2n) is 6.07. The highest BCUT2D eigenvalue weighted by Gasteiger charge is 2.23. The summed E-state index contributed by atoms with van der Waals surface area (Å²) in [6.45, 7) is 0.732. The third kappa shape index (κ3) is 4.70. The predicted octanol–water partition coefficient (Wildman–Crippen LogP) is 1.87. The van der Waals surface area contributed by atoms with Gasteiger partial charge in [-0.3, -0.25) is 9.59 Å². The van der Waals surface area contributed by atoms with Crippen molar-refractivity contribution >= 4 is 22.6 Å². The second kappa shape index (κ2) is 7.98. The molecule has 0 atom stereocenters. The summed E-state index contributed by atoms with van der Waals surface area (Å²) in [5.74, 6) is -0.0126. The predicted molar refractivity (Wildman–Crippen MR) is 94.8 cm³/mol. The third-order valence-electron chi connectivity index (χ3n) is 3.99. The first kappa shape index (κ1) is 17.2. The first-order chi connectivity index (χ1) is 12.2. The summed E-state index contributed by atoms with van der Waals surface area (Å²) in [4.78, 5) is 24.3. The average molecular weight is 342 g/mol. The van der Waals surface area contributed by atoms with E-state index in [2.05, 4.69) is 10.6 Å². The van der Waals surface area contributed by atoms with Crippen LogP contribution in [0, 0.1) is 0 Å². The molecule has 132 valence electrons. The number of carbonyl (C=O) groups is 2. The lowest BCUT2D eigenvalue weighted by Gasteiger charge is -2.13. The molecule has 2 aromatic carbocycles. The van der Waals surface area contributed by atoms with Gasteiger partial charge >= 0.3 is 0 Å². The molecule has 6 nitrogen and oxygen atoms in total. The van der Waals surface area contributed by atoms with E-state index in [4.69, 9.17) is 9.47 Å². The molecule has 0 aromatic heterocycles. The van der Waals surface area contributed by atoms with Crippen LogP contribution in [-0.2, 0) is 9.53 Å². The normalized spacial score (nSPS) is 13.5. The van der Waals surface area contributed by atoms with Crippen LogP contribution in [-0.4, -0.2) is 44.7 Å². The molecule has 2 N–H and O–H groups in total. The average Bonchev–Trinajstić information content (AvgIpc) is 3.43. The molecule has 6 heteroatoms. The largest absolute Gasteiger partial charge is 0.483 e. The number of amides is 2. The summed E-state index contributed by atoms with van der Waals surface area (Å²) >= 11 is 0. The van der Waals surface area contributed by atoms with Crippen LogP contribution in [0.2, 0.25) is 0 Å². The maximum absolute atomic E-state index is 12.5. The van der Waals surface area contributed by atoms with E-state index in [1.807, 2.05) is 24.3 Å². The van der Waals surface area contributed by atoms with Crippen LogP contribution in [0.1, 0.15) is 23.2 Å². The smallest absolute Gasteiger partial charge is 0.258 e. The SMILES string of the molecule is COCCNC(=O)c1cc2ccccc2cc1OCC(=O)NC1CC1. The molecule has 0 saturated heterocycles. The Balaban J connectivity index is 1.78. The summed E-state index contributed by atoms with van der Waals surface area (Å²) in [6.07, 6.45) is 2.05. The van der Waals surface area contributed by atoms with Crippen LogP contribution in [0.25, 0.3) is 10.8 Å². The minimum absolute atomic E-state index is 0.104. The van der Waals surface area contributed by atoms with Crippen molar-refractivity contribution in [1.82, 2.24) is 10.6 Å². The standard InChI is InChI=1S/C19H22N2O4/c1-24-9-8-20-19(23)16-10-13-4-2-3-5-14(13)11-17(16)25-12-18(22)21-15-6-7-15/h2-5,10-11,15H,6-9,12H2,1H3,(H,20,23)(H,21,22). The topological polar surface area (TPSA) is 76.7 Å². The zero-order chi connectivity index (χ0) is 17.6. The van der Waals surface area contributed by atoms with Gasteiger partial charge in [-0.25, -0.2) is 0 Å². The number of nitrogens with one attached hydrogen (secondary N) is 2. The van der Waals surface area contributed by atoms with Crippen LogP contribution < -0.4 is 15.4 Å². The van der Waals surface area contributed by atoms with E-state index in [-0.39, 0.29) is 24.5 Å². The Morgan fingerprint density at radius 2 is 1.88 bits per heavy atom. The van der Waals surface area contributed by atoms with E-state index in [1.54, 1.807) is 19.2 Å². The quantitative estimate of drug-likeness (QED) is 0.718. The number of hydrogen-bond donors (Lipinski definition) is 2. The lowest BCUT2D eigenvalue weighted by molar-refractivity contribution is -0.123. The molecule has 1 aliphatic rings. The molecule has 3 rings (SSSR count). The molecule has 0 spiro atoms. The maximum atomic E-state index is 12.5. The van der Waals surface area contributed by atoms with Gasteiger partial charge in [-0.15, -0.1) is 0 Å². The van der Waals surface area contributed by atoms with Gasteiger partial charge < -0.3 is 20.1 Å². The fourth-order valence-corrected chi connectivity index (χ4v) is 2.52. The molecule has 0 aliphatic heterocycles. The van der Waals surface area contributed by atoms with Gasteiger partial charge in [0.05, 0.1) is 12.2 Å². The van der Waals surface area contributed by atoms with Crippen molar-refractivity contribution in [2.45, 2.75) is 18.9 Å². The summed E-state index contributed by atoms with van der Waals surface area (Å²) in [7, 11) is 1.58. The van der Waals surface area contributed by atoms with Gasteiger partial charge in [0, 0.05) is 19.7 Å².